The Morgan fingerprint density at radius 2 is 2.21 bits per heavy atom. The molecule has 5 unspecified atom stereocenters. The average Bonchev–Trinajstić information content (AvgIpc) is 2.99. The van der Waals surface area contributed by atoms with E-state index in [1.54, 1.807) is 7.11 Å². The highest BCUT2D eigenvalue weighted by atomic mass is 16.5. The van der Waals surface area contributed by atoms with Crippen molar-refractivity contribution in [1.82, 2.24) is 9.97 Å². The molecule has 1 saturated heterocycles. The largest absolute Gasteiger partial charge is 0.481 e. The summed E-state index contributed by atoms with van der Waals surface area (Å²) in [6, 6.07) is 2.21. The Labute approximate surface area is 112 Å². The van der Waals surface area contributed by atoms with Crippen LogP contribution in [-0.4, -0.2) is 35.8 Å². The van der Waals surface area contributed by atoms with E-state index in [1.807, 2.05) is 13.0 Å². The van der Waals surface area contributed by atoms with Gasteiger partial charge in [0.15, 0.2) is 0 Å². The molecule has 19 heavy (non-hydrogen) atoms. The Balaban J connectivity index is 1.57. The lowest BCUT2D eigenvalue weighted by Crippen LogP contribution is -2.38. The van der Waals surface area contributed by atoms with Crippen LogP contribution in [0.5, 0.6) is 5.88 Å². The Morgan fingerprint density at radius 1 is 1.32 bits per heavy atom. The van der Waals surface area contributed by atoms with Crippen LogP contribution in [0.2, 0.25) is 0 Å². The van der Waals surface area contributed by atoms with Crippen molar-refractivity contribution < 1.29 is 9.47 Å². The first-order chi connectivity index (χ1) is 9.24. The monoisotopic (exact) mass is 261 g/mol. The van der Waals surface area contributed by atoms with Crippen LogP contribution >= 0.6 is 0 Å². The Hall–Kier alpha value is -1.36. The molecule has 0 amide bonds. The minimum absolute atomic E-state index is 0.360. The quantitative estimate of drug-likeness (QED) is 0.896. The summed E-state index contributed by atoms with van der Waals surface area (Å²) in [5.74, 6) is 3.57. The molecule has 2 heterocycles. The van der Waals surface area contributed by atoms with Crippen LogP contribution in [0.4, 0.5) is 5.95 Å². The van der Waals surface area contributed by atoms with Crippen molar-refractivity contribution >= 4 is 5.95 Å². The number of rotatable bonds is 3. The number of hydrogen-bond donors (Lipinski definition) is 1. The molecule has 1 N–H and O–H groups in total. The Morgan fingerprint density at radius 3 is 3.05 bits per heavy atom. The number of anilines is 1. The normalized spacial score (nSPS) is 38.7. The summed E-state index contributed by atoms with van der Waals surface area (Å²) in [5.41, 5.74) is 0.919. The van der Waals surface area contributed by atoms with Gasteiger partial charge in [0.2, 0.25) is 11.8 Å². The van der Waals surface area contributed by atoms with E-state index in [2.05, 4.69) is 15.3 Å². The maximum Gasteiger partial charge on any atom is 0.226 e. The molecular formula is C14H19N3O2. The van der Waals surface area contributed by atoms with Crippen molar-refractivity contribution in [3.8, 4) is 5.88 Å². The van der Waals surface area contributed by atoms with Gasteiger partial charge in [-0.1, -0.05) is 0 Å². The molecule has 5 nitrogen and oxygen atoms in total. The van der Waals surface area contributed by atoms with Crippen molar-refractivity contribution in [3.63, 3.8) is 0 Å². The summed E-state index contributed by atoms with van der Waals surface area (Å²) in [6.07, 6.45) is 2.96. The maximum absolute atomic E-state index is 5.95. The second kappa shape index (κ2) is 4.07. The third-order valence-corrected chi connectivity index (χ3v) is 4.91. The van der Waals surface area contributed by atoms with E-state index < -0.39 is 0 Å². The molecule has 2 saturated carbocycles. The van der Waals surface area contributed by atoms with E-state index in [1.165, 1.54) is 12.8 Å². The van der Waals surface area contributed by atoms with Gasteiger partial charge in [0, 0.05) is 11.8 Å². The lowest BCUT2D eigenvalue weighted by atomic mass is 9.87. The van der Waals surface area contributed by atoms with Gasteiger partial charge < -0.3 is 14.8 Å². The number of fused-ring (bicyclic) bond motifs is 1. The van der Waals surface area contributed by atoms with Crippen molar-refractivity contribution in [3.05, 3.63) is 11.8 Å². The second-order valence-electron chi connectivity index (χ2n) is 6.00. The van der Waals surface area contributed by atoms with Crippen LogP contribution in [0.15, 0.2) is 6.07 Å². The molecule has 5 atom stereocenters. The number of aromatic nitrogens is 2. The van der Waals surface area contributed by atoms with Crippen LogP contribution < -0.4 is 10.1 Å². The molecular weight excluding hydrogens is 242 g/mol. The molecule has 0 spiro atoms. The summed E-state index contributed by atoms with van der Waals surface area (Å²) in [5, 5.41) is 3.49. The first-order valence-electron chi connectivity index (χ1n) is 7.02. The average molecular weight is 261 g/mol. The molecule has 3 aliphatic rings. The molecule has 3 fully saturated rings. The molecule has 4 rings (SSSR count). The first kappa shape index (κ1) is 11.5. The van der Waals surface area contributed by atoms with Crippen LogP contribution in [0.3, 0.4) is 0 Å². The van der Waals surface area contributed by atoms with Gasteiger partial charge in [-0.2, -0.15) is 4.98 Å². The number of methoxy groups -OCH3 is 1. The molecule has 0 aromatic carbocycles. The van der Waals surface area contributed by atoms with E-state index >= 15 is 0 Å². The first-order valence-corrected chi connectivity index (χ1v) is 7.02. The predicted molar refractivity (Wildman–Crippen MR) is 70.2 cm³/mol. The summed E-state index contributed by atoms with van der Waals surface area (Å²) in [6.45, 7) is 2.90. The molecule has 0 radical (unpaired) electrons. The lowest BCUT2D eigenvalue weighted by molar-refractivity contribution is 0.0928. The number of nitrogens with zero attached hydrogens (tertiary/aromatic N) is 2. The van der Waals surface area contributed by atoms with E-state index in [-0.39, 0.29) is 0 Å². The van der Waals surface area contributed by atoms with E-state index in [0.717, 1.165) is 30.1 Å². The van der Waals surface area contributed by atoms with Gasteiger partial charge in [0.05, 0.1) is 25.9 Å². The minimum Gasteiger partial charge on any atom is -0.481 e. The maximum atomic E-state index is 5.95. The molecule has 5 heteroatoms. The van der Waals surface area contributed by atoms with Gasteiger partial charge in [-0.15, -0.1) is 0 Å². The number of nitrogens with one attached hydrogen (secondary N) is 1. The second-order valence-corrected chi connectivity index (χ2v) is 6.00. The van der Waals surface area contributed by atoms with E-state index in [4.69, 9.17) is 9.47 Å². The fourth-order valence-corrected chi connectivity index (χ4v) is 4.14. The third kappa shape index (κ3) is 1.71. The third-order valence-electron chi connectivity index (χ3n) is 4.91. The van der Waals surface area contributed by atoms with Gasteiger partial charge in [-0.25, -0.2) is 4.98 Å². The van der Waals surface area contributed by atoms with E-state index in [0.29, 0.717) is 24.0 Å². The SMILES string of the molecule is COc1cc(C)nc(NC2C3CC4COC2C4C3)n1. The van der Waals surface area contributed by atoms with Gasteiger partial charge >= 0.3 is 0 Å². The van der Waals surface area contributed by atoms with Crippen LogP contribution in [0.1, 0.15) is 18.5 Å². The summed E-state index contributed by atoms with van der Waals surface area (Å²) >= 11 is 0. The summed E-state index contributed by atoms with van der Waals surface area (Å²) in [7, 11) is 1.63. The predicted octanol–water partition coefficient (Wildman–Crippen LogP) is 1.63. The molecule has 2 aliphatic carbocycles. The molecule has 1 aromatic heterocycles. The lowest BCUT2D eigenvalue weighted by Gasteiger charge is -2.27. The van der Waals surface area contributed by atoms with Crippen molar-refractivity contribution in [2.45, 2.75) is 31.9 Å². The van der Waals surface area contributed by atoms with Gasteiger partial charge in [0.25, 0.3) is 0 Å². The van der Waals surface area contributed by atoms with Crippen LogP contribution in [0.25, 0.3) is 0 Å². The van der Waals surface area contributed by atoms with Gasteiger partial charge in [-0.3, -0.25) is 0 Å². The van der Waals surface area contributed by atoms with E-state index in [9.17, 15) is 0 Å². The highest BCUT2D eigenvalue weighted by Crippen LogP contribution is 2.54. The standard InChI is InChI=1S/C14H19N3O2/c1-7-3-11(18-2)16-14(15-7)17-12-8-4-9-6-19-13(12)10(9)5-8/h3,8-10,12-13H,4-6H2,1-2H3,(H,15,16,17). The fraction of sp³-hybridized carbons (Fsp3) is 0.714. The minimum atomic E-state index is 0.360. The summed E-state index contributed by atoms with van der Waals surface area (Å²) in [4.78, 5) is 8.83. The molecule has 102 valence electrons. The Kier molecular flexibility index (Phi) is 2.45. The van der Waals surface area contributed by atoms with Gasteiger partial charge in [0.1, 0.15) is 0 Å². The Bertz CT molecular complexity index is 505. The van der Waals surface area contributed by atoms with Crippen molar-refractivity contribution in [1.29, 1.82) is 0 Å². The zero-order valence-corrected chi connectivity index (χ0v) is 11.3. The molecule has 2 bridgehead atoms. The molecule has 1 aromatic rings. The zero-order valence-electron chi connectivity index (χ0n) is 11.3. The van der Waals surface area contributed by atoms with Crippen LogP contribution in [0, 0.1) is 24.7 Å². The molecule has 1 aliphatic heterocycles. The highest BCUT2D eigenvalue weighted by Gasteiger charge is 2.57. The van der Waals surface area contributed by atoms with Gasteiger partial charge in [-0.05, 0) is 37.5 Å². The smallest absolute Gasteiger partial charge is 0.226 e. The van der Waals surface area contributed by atoms with Crippen LogP contribution in [-0.2, 0) is 4.74 Å². The zero-order chi connectivity index (χ0) is 13.0. The van der Waals surface area contributed by atoms with Crippen molar-refractivity contribution in [2.24, 2.45) is 17.8 Å². The highest BCUT2D eigenvalue weighted by molar-refractivity contribution is 5.34. The van der Waals surface area contributed by atoms with Crippen molar-refractivity contribution in [2.75, 3.05) is 19.0 Å². The number of aryl methyl sites for hydroxylation is 1. The number of hydrogen-bond acceptors (Lipinski definition) is 5. The topological polar surface area (TPSA) is 56.3 Å². The number of ether oxygens (including phenoxy) is 2. The fourth-order valence-electron chi connectivity index (χ4n) is 4.14. The summed E-state index contributed by atoms with van der Waals surface area (Å²) < 4.78 is 11.2.